The minimum atomic E-state index is -3.18. The van der Waals surface area contributed by atoms with Crippen molar-refractivity contribution in [1.82, 2.24) is 9.88 Å². The molecule has 6 nitrogen and oxygen atoms in total. The minimum Gasteiger partial charge on any atom is -0.378 e. The molecule has 1 amide bonds. The molecule has 1 saturated heterocycles. The largest absolute Gasteiger partial charge is 0.378 e. The van der Waals surface area contributed by atoms with Gasteiger partial charge in [0.1, 0.15) is 5.69 Å². The number of rotatable bonds is 3. The summed E-state index contributed by atoms with van der Waals surface area (Å²) in [5.41, 5.74) is 3.56. The van der Waals surface area contributed by atoms with Crippen molar-refractivity contribution < 1.29 is 17.9 Å². The van der Waals surface area contributed by atoms with Crippen LogP contribution in [0.3, 0.4) is 0 Å². The van der Waals surface area contributed by atoms with Crippen molar-refractivity contribution in [3.8, 4) is 0 Å². The average molecular weight is 350 g/mol. The summed E-state index contributed by atoms with van der Waals surface area (Å²) >= 11 is 0. The number of benzene rings is 1. The third kappa shape index (κ3) is 2.71. The van der Waals surface area contributed by atoms with Gasteiger partial charge < -0.3 is 14.6 Å². The van der Waals surface area contributed by atoms with Gasteiger partial charge in [0.15, 0.2) is 9.84 Å². The van der Waals surface area contributed by atoms with Crippen LogP contribution in [0, 0.1) is 13.8 Å². The molecule has 0 spiro atoms. The Labute approximate surface area is 141 Å². The lowest BCUT2D eigenvalue weighted by Crippen LogP contribution is -2.44. The van der Waals surface area contributed by atoms with E-state index in [0.717, 1.165) is 22.0 Å². The Morgan fingerprint density at radius 2 is 2.00 bits per heavy atom. The summed E-state index contributed by atoms with van der Waals surface area (Å²) in [7, 11) is 0.143. The Kier molecular flexibility index (Phi) is 4.17. The number of methoxy groups -OCH3 is 1. The van der Waals surface area contributed by atoms with E-state index in [0.29, 0.717) is 5.69 Å². The Morgan fingerprint density at radius 1 is 1.29 bits per heavy atom. The van der Waals surface area contributed by atoms with Crippen LogP contribution in [0.15, 0.2) is 18.2 Å². The van der Waals surface area contributed by atoms with E-state index in [4.69, 9.17) is 4.74 Å². The summed E-state index contributed by atoms with van der Waals surface area (Å²) in [6.45, 7) is 3.92. The van der Waals surface area contributed by atoms with Crippen LogP contribution in [0.25, 0.3) is 10.9 Å². The second-order valence-corrected chi connectivity index (χ2v) is 8.59. The van der Waals surface area contributed by atoms with Gasteiger partial charge in [0.2, 0.25) is 0 Å². The first kappa shape index (κ1) is 17.0. The van der Waals surface area contributed by atoms with Crippen molar-refractivity contribution in [2.24, 2.45) is 7.05 Å². The molecule has 0 unspecified atom stereocenters. The van der Waals surface area contributed by atoms with Crippen molar-refractivity contribution in [3.63, 3.8) is 0 Å². The van der Waals surface area contributed by atoms with Crippen LogP contribution in [0.5, 0.6) is 0 Å². The lowest BCUT2D eigenvalue weighted by Gasteiger charge is -2.18. The van der Waals surface area contributed by atoms with Gasteiger partial charge in [-0.05, 0) is 25.0 Å². The highest BCUT2D eigenvalue weighted by Gasteiger charge is 2.39. The summed E-state index contributed by atoms with van der Waals surface area (Å²) in [5.74, 6) is -0.407. The lowest BCUT2D eigenvalue weighted by atomic mass is 10.1. The Morgan fingerprint density at radius 3 is 2.62 bits per heavy atom. The number of carbonyl (C=O) groups excluding carboxylic acids is 1. The monoisotopic (exact) mass is 350 g/mol. The molecule has 3 rings (SSSR count). The number of aryl methyl sites for hydroxylation is 3. The SMILES string of the molecule is CO[C@@H]1CS(=O)(=O)C[C@H]1NC(=O)c1c(C)c2cccc(C)c2n1C. The molecule has 1 aromatic carbocycles. The van der Waals surface area contributed by atoms with Crippen molar-refractivity contribution >= 4 is 26.6 Å². The number of para-hydroxylation sites is 1. The van der Waals surface area contributed by atoms with Gasteiger partial charge in [0.25, 0.3) is 5.91 Å². The molecular formula is C17H22N2O4S. The number of carbonyl (C=O) groups is 1. The molecule has 0 bridgehead atoms. The van der Waals surface area contributed by atoms with Gasteiger partial charge in [0.05, 0.1) is 29.2 Å². The molecule has 2 atom stereocenters. The van der Waals surface area contributed by atoms with Crippen molar-refractivity contribution in [2.75, 3.05) is 18.6 Å². The topological polar surface area (TPSA) is 77.4 Å². The first-order chi connectivity index (χ1) is 11.2. The van der Waals surface area contributed by atoms with Crippen LogP contribution in [0.4, 0.5) is 0 Å². The van der Waals surface area contributed by atoms with Gasteiger partial charge in [-0.1, -0.05) is 18.2 Å². The van der Waals surface area contributed by atoms with Gasteiger partial charge in [-0.2, -0.15) is 0 Å². The van der Waals surface area contributed by atoms with Gasteiger partial charge in [0, 0.05) is 19.5 Å². The molecular weight excluding hydrogens is 328 g/mol. The molecule has 24 heavy (non-hydrogen) atoms. The molecule has 130 valence electrons. The first-order valence-corrected chi connectivity index (χ1v) is 9.66. The van der Waals surface area contributed by atoms with E-state index in [2.05, 4.69) is 5.32 Å². The highest BCUT2D eigenvalue weighted by Crippen LogP contribution is 2.27. The molecule has 1 aliphatic heterocycles. The van der Waals surface area contributed by atoms with Crippen LogP contribution < -0.4 is 5.32 Å². The summed E-state index contributed by atoms with van der Waals surface area (Å²) in [4.78, 5) is 12.8. The lowest BCUT2D eigenvalue weighted by molar-refractivity contribution is 0.0780. The molecule has 0 saturated carbocycles. The number of nitrogens with one attached hydrogen (secondary N) is 1. The summed E-state index contributed by atoms with van der Waals surface area (Å²) in [6.07, 6.45) is -0.504. The number of amides is 1. The van der Waals surface area contributed by atoms with Crippen molar-refractivity contribution in [3.05, 3.63) is 35.0 Å². The number of fused-ring (bicyclic) bond motifs is 1. The van der Waals surface area contributed by atoms with Crippen LogP contribution in [-0.2, 0) is 21.6 Å². The maximum Gasteiger partial charge on any atom is 0.268 e. The predicted octanol–water partition coefficient (Wildman–Crippen LogP) is 1.34. The fraction of sp³-hybridized carbons (Fsp3) is 0.471. The predicted molar refractivity (Wildman–Crippen MR) is 93.1 cm³/mol. The van der Waals surface area contributed by atoms with E-state index in [-0.39, 0.29) is 17.4 Å². The number of aromatic nitrogens is 1. The number of nitrogens with zero attached hydrogens (tertiary/aromatic N) is 1. The molecule has 0 aliphatic carbocycles. The smallest absolute Gasteiger partial charge is 0.268 e. The van der Waals surface area contributed by atoms with Gasteiger partial charge in [-0.25, -0.2) is 8.42 Å². The summed E-state index contributed by atoms with van der Waals surface area (Å²) in [6, 6.07) is 5.45. The Balaban J connectivity index is 1.97. The molecule has 2 aromatic rings. The molecule has 1 N–H and O–H groups in total. The third-order valence-electron chi connectivity index (χ3n) is 4.80. The molecule has 1 aliphatic rings. The van der Waals surface area contributed by atoms with Crippen LogP contribution in [-0.4, -0.2) is 49.7 Å². The maximum absolute atomic E-state index is 12.8. The Hall–Kier alpha value is -1.86. The standard InChI is InChI=1S/C17H22N2O4S/c1-10-6-5-7-12-11(2)16(19(3)15(10)12)17(20)18-13-8-24(21,22)9-14(13)23-4/h5-7,13-14H,8-9H2,1-4H3,(H,18,20)/t13-,14-/m1/s1. The molecule has 1 aromatic heterocycles. The second kappa shape index (κ2) is 5.89. The molecule has 1 fully saturated rings. The van der Waals surface area contributed by atoms with E-state index in [1.54, 1.807) is 0 Å². The van der Waals surface area contributed by atoms with E-state index >= 15 is 0 Å². The number of hydrogen-bond donors (Lipinski definition) is 1. The highest BCUT2D eigenvalue weighted by molar-refractivity contribution is 7.91. The zero-order valence-corrected chi connectivity index (χ0v) is 15.1. The first-order valence-electron chi connectivity index (χ1n) is 7.84. The average Bonchev–Trinajstić information content (AvgIpc) is 2.93. The minimum absolute atomic E-state index is 0.0539. The van der Waals surface area contributed by atoms with E-state index < -0.39 is 22.0 Å². The molecule has 7 heteroatoms. The molecule has 0 radical (unpaired) electrons. The zero-order chi connectivity index (χ0) is 17.6. The third-order valence-corrected chi connectivity index (χ3v) is 6.51. The highest BCUT2D eigenvalue weighted by atomic mass is 32.2. The van der Waals surface area contributed by atoms with Crippen LogP contribution in [0.2, 0.25) is 0 Å². The normalized spacial score (nSPS) is 22.8. The second-order valence-electron chi connectivity index (χ2n) is 6.43. The fourth-order valence-electron chi connectivity index (χ4n) is 3.64. The van der Waals surface area contributed by atoms with Crippen molar-refractivity contribution in [2.45, 2.75) is 26.0 Å². The Bertz CT molecular complexity index is 914. The van der Waals surface area contributed by atoms with E-state index in [1.807, 2.05) is 43.7 Å². The number of sulfone groups is 1. The van der Waals surface area contributed by atoms with E-state index in [9.17, 15) is 13.2 Å². The summed E-state index contributed by atoms with van der Waals surface area (Å²) in [5, 5.41) is 3.88. The zero-order valence-electron chi connectivity index (χ0n) is 14.3. The maximum atomic E-state index is 12.8. The van der Waals surface area contributed by atoms with Gasteiger partial charge in [-0.3, -0.25) is 4.79 Å². The summed E-state index contributed by atoms with van der Waals surface area (Å²) < 4.78 is 30.7. The van der Waals surface area contributed by atoms with Crippen LogP contribution >= 0.6 is 0 Å². The number of ether oxygens (including phenoxy) is 1. The number of hydrogen-bond acceptors (Lipinski definition) is 4. The fourth-order valence-corrected chi connectivity index (χ4v) is 5.49. The van der Waals surface area contributed by atoms with Crippen molar-refractivity contribution in [1.29, 1.82) is 0 Å². The van der Waals surface area contributed by atoms with Gasteiger partial charge >= 0.3 is 0 Å². The quantitative estimate of drug-likeness (QED) is 0.906. The van der Waals surface area contributed by atoms with Crippen LogP contribution in [0.1, 0.15) is 21.6 Å². The van der Waals surface area contributed by atoms with E-state index in [1.165, 1.54) is 7.11 Å². The van der Waals surface area contributed by atoms with Gasteiger partial charge in [-0.15, -0.1) is 0 Å². The molecule has 2 heterocycles.